The number of carbonyl (C=O) groups excluding carboxylic acids is 2. The predicted octanol–water partition coefficient (Wildman–Crippen LogP) is 5.59. The molecule has 47 heavy (non-hydrogen) atoms. The van der Waals surface area contributed by atoms with Gasteiger partial charge in [-0.3, -0.25) is 9.69 Å². The van der Waals surface area contributed by atoms with Crippen molar-refractivity contribution in [1.29, 1.82) is 0 Å². The van der Waals surface area contributed by atoms with Crippen molar-refractivity contribution in [2.75, 3.05) is 38.9 Å². The van der Waals surface area contributed by atoms with E-state index >= 15 is 0 Å². The van der Waals surface area contributed by atoms with E-state index in [-0.39, 0.29) is 24.2 Å². The maximum atomic E-state index is 12.5. The van der Waals surface area contributed by atoms with E-state index in [0.717, 1.165) is 24.2 Å². The van der Waals surface area contributed by atoms with Crippen molar-refractivity contribution in [2.24, 2.45) is 27.1 Å². The van der Waals surface area contributed by atoms with E-state index in [9.17, 15) is 9.59 Å². The summed E-state index contributed by atoms with van der Waals surface area (Å²) in [6, 6.07) is 14.0. The van der Waals surface area contributed by atoms with Gasteiger partial charge in [0, 0.05) is 45.2 Å². The zero-order valence-corrected chi connectivity index (χ0v) is 30.4. The lowest BCUT2D eigenvalue weighted by atomic mass is 9.93. The third kappa shape index (κ3) is 18.1. The number of amides is 2. The highest BCUT2D eigenvalue weighted by Crippen LogP contribution is 2.17. The number of nitrogens with zero attached hydrogens (tertiary/aromatic N) is 3. The zero-order chi connectivity index (χ0) is 36.4. The first-order valence-electron chi connectivity index (χ1n) is 16.1. The second kappa shape index (κ2) is 26.1. The number of nitrogens with one attached hydrogen (secondary N) is 1. The molecule has 0 bridgehead atoms. The molecule has 0 radical (unpaired) electrons. The van der Waals surface area contributed by atoms with Crippen LogP contribution in [-0.2, 0) is 32.2 Å². The lowest BCUT2D eigenvalue weighted by molar-refractivity contribution is -0.132. The van der Waals surface area contributed by atoms with Crippen molar-refractivity contribution < 1.29 is 28.9 Å². The number of aliphatic hydroxyl groups is 1. The Balaban J connectivity index is 0. The van der Waals surface area contributed by atoms with Crippen LogP contribution >= 0.6 is 0 Å². The Bertz CT molecular complexity index is 1180. The summed E-state index contributed by atoms with van der Waals surface area (Å²) in [5, 5.41) is 19.9. The number of hydrogen-bond acceptors (Lipinski definition) is 8. The highest BCUT2D eigenvalue weighted by molar-refractivity contribution is 5.98. The lowest BCUT2D eigenvalue weighted by Crippen LogP contribution is -2.39. The average molecular weight is 661 g/mol. The number of carbonyl (C=O) groups is 2. The number of anilines is 1. The zero-order valence-electron chi connectivity index (χ0n) is 30.4. The molecule has 2 amide bonds. The molecule has 0 aliphatic heterocycles. The van der Waals surface area contributed by atoms with E-state index in [0.29, 0.717) is 31.0 Å². The molecule has 6 N–H and O–H groups in total. The van der Waals surface area contributed by atoms with Crippen molar-refractivity contribution in [3.63, 3.8) is 0 Å². The van der Waals surface area contributed by atoms with Gasteiger partial charge < -0.3 is 36.1 Å². The van der Waals surface area contributed by atoms with Crippen LogP contribution < -0.4 is 21.7 Å². The number of amidine groups is 2. The second-order valence-electron chi connectivity index (χ2n) is 10.3. The first-order chi connectivity index (χ1) is 22.4. The maximum absolute atomic E-state index is 12.5. The number of methoxy groups -OCH3 is 1. The van der Waals surface area contributed by atoms with Crippen LogP contribution in [0.25, 0.3) is 0 Å². The van der Waals surface area contributed by atoms with Gasteiger partial charge in [-0.25, -0.2) is 4.79 Å². The van der Waals surface area contributed by atoms with Gasteiger partial charge >= 0.3 is 6.09 Å². The van der Waals surface area contributed by atoms with Crippen LogP contribution in [0.3, 0.4) is 0 Å². The number of benzene rings is 2. The Labute approximate surface area is 282 Å². The fraction of sp³-hybridized carbons (Fsp3) is 0.543. The molecular weight excluding hydrogens is 600 g/mol. The summed E-state index contributed by atoms with van der Waals surface area (Å²) in [4.78, 5) is 26.2. The highest BCUT2D eigenvalue weighted by Gasteiger charge is 2.27. The molecule has 0 saturated heterocycles. The third-order valence-corrected chi connectivity index (χ3v) is 6.14. The van der Waals surface area contributed by atoms with Gasteiger partial charge in [-0.1, -0.05) is 71.0 Å². The smallest absolute Gasteiger partial charge is 0.414 e. The molecule has 12 heteroatoms. The van der Waals surface area contributed by atoms with Crippen LogP contribution in [0.2, 0.25) is 0 Å². The molecule has 266 valence electrons. The molecule has 12 nitrogen and oxygen atoms in total. The van der Waals surface area contributed by atoms with E-state index in [1.54, 1.807) is 57.5 Å². The van der Waals surface area contributed by atoms with Crippen molar-refractivity contribution in [3.05, 3.63) is 65.2 Å². The van der Waals surface area contributed by atoms with Gasteiger partial charge in [0.1, 0.15) is 0 Å². The summed E-state index contributed by atoms with van der Waals surface area (Å²) in [6.45, 7) is 19.3. The van der Waals surface area contributed by atoms with Crippen molar-refractivity contribution in [1.82, 2.24) is 5.32 Å². The number of ether oxygens (including phenoxy) is 3. The van der Waals surface area contributed by atoms with Gasteiger partial charge in [0.25, 0.3) is 0 Å². The minimum absolute atomic E-state index is 0.0284. The molecular formula is C35H60N6O6. The standard InChI is InChI=1S/C27H38N6O5.C4H10O.2C2H6/c1-6-37-17-27(3,4)25(35)30-15-19-7-11-21(12-8-19)24(29)32-31-23(28)18(2)38-26(36)33(5)22-13-9-20(16-34)10-14-22;1-3-4-5-2;2*1-2/h7-14,18,34H,6,15-17H2,1-5H3,(H2,28,31)(H2,29,32)(H,30,35);3-4H2,1-2H3;2*1-2H3. The Morgan fingerprint density at radius 3 is 1.98 bits per heavy atom. The Kier molecular flexibility index (Phi) is 25.1. The van der Waals surface area contributed by atoms with E-state index < -0.39 is 17.6 Å². The van der Waals surface area contributed by atoms with E-state index in [2.05, 4.69) is 22.4 Å². The predicted molar refractivity (Wildman–Crippen MR) is 192 cm³/mol. The average Bonchev–Trinajstić information content (AvgIpc) is 3.10. The van der Waals surface area contributed by atoms with Gasteiger partial charge in [0.15, 0.2) is 17.8 Å². The van der Waals surface area contributed by atoms with Gasteiger partial charge in [0.2, 0.25) is 5.91 Å². The van der Waals surface area contributed by atoms with Crippen LogP contribution in [0.15, 0.2) is 58.7 Å². The Morgan fingerprint density at radius 2 is 1.51 bits per heavy atom. The van der Waals surface area contributed by atoms with Crippen molar-refractivity contribution in [2.45, 2.75) is 88.0 Å². The molecule has 0 saturated carbocycles. The molecule has 2 rings (SSSR count). The normalized spacial score (nSPS) is 11.7. The number of aliphatic hydroxyl groups excluding tert-OH is 1. The molecule has 0 spiro atoms. The van der Waals surface area contributed by atoms with Crippen LogP contribution in [-0.4, -0.2) is 68.9 Å². The first-order valence-corrected chi connectivity index (χ1v) is 16.1. The fourth-order valence-corrected chi connectivity index (χ4v) is 3.31. The molecule has 1 unspecified atom stereocenters. The van der Waals surface area contributed by atoms with Gasteiger partial charge in [-0.05, 0) is 57.4 Å². The van der Waals surface area contributed by atoms with Crippen LogP contribution in [0.5, 0.6) is 0 Å². The van der Waals surface area contributed by atoms with Crippen molar-refractivity contribution >= 4 is 29.4 Å². The summed E-state index contributed by atoms with van der Waals surface area (Å²) in [7, 11) is 3.27. The molecule has 0 fully saturated rings. The highest BCUT2D eigenvalue weighted by atomic mass is 16.6. The first kappa shape index (κ1) is 45.1. The maximum Gasteiger partial charge on any atom is 0.414 e. The van der Waals surface area contributed by atoms with E-state index in [1.165, 1.54) is 4.90 Å². The summed E-state index contributed by atoms with van der Waals surface area (Å²) >= 11 is 0. The minimum atomic E-state index is -0.851. The monoisotopic (exact) mass is 660 g/mol. The summed E-state index contributed by atoms with van der Waals surface area (Å²) in [5.41, 5.74) is 14.2. The van der Waals surface area contributed by atoms with E-state index in [4.69, 9.17) is 30.8 Å². The topological polar surface area (TPSA) is 174 Å². The second-order valence-corrected chi connectivity index (χ2v) is 10.3. The van der Waals surface area contributed by atoms with Gasteiger partial charge in [-0.2, -0.15) is 0 Å². The van der Waals surface area contributed by atoms with Crippen LogP contribution in [0.4, 0.5) is 10.5 Å². The molecule has 2 aromatic rings. The van der Waals surface area contributed by atoms with E-state index in [1.807, 2.05) is 60.6 Å². The molecule has 0 aliphatic rings. The van der Waals surface area contributed by atoms with Crippen LogP contribution in [0, 0.1) is 5.41 Å². The van der Waals surface area contributed by atoms with Crippen LogP contribution in [0.1, 0.15) is 85.4 Å². The largest absolute Gasteiger partial charge is 0.438 e. The van der Waals surface area contributed by atoms with Gasteiger partial charge in [-0.15, -0.1) is 10.2 Å². The minimum Gasteiger partial charge on any atom is -0.438 e. The molecule has 0 aliphatic carbocycles. The van der Waals surface area contributed by atoms with Crippen molar-refractivity contribution in [3.8, 4) is 0 Å². The fourth-order valence-electron chi connectivity index (χ4n) is 3.31. The summed E-state index contributed by atoms with van der Waals surface area (Å²) < 4.78 is 15.4. The molecule has 1 atom stereocenters. The SMILES string of the molecule is CC.CC.CCCOC.CCOCC(C)(C)C(=O)NCc1ccc(/C(N)=N/N=C(\N)C(C)OC(=O)N(C)c2ccc(CO)cc2)cc1. The summed E-state index contributed by atoms with van der Waals surface area (Å²) in [5.74, 6) is 0.00172. The number of rotatable bonds is 14. The molecule has 0 aromatic heterocycles. The summed E-state index contributed by atoms with van der Waals surface area (Å²) in [6.07, 6.45) is -0.360. The quantitative estimate of drug-likeness (QED) is 0.115. The van der Waals surface area contributed by atoms with Gasteiger partial charge in [0.05, 0.1) is 18.6 Å². The molecule has 2 aromatic carbocycles. The third-order valence-electron chi connectivity index (χ3n) is 6.14. The molecule has 0 heterocycles. The number of nitrogens with two attached hydrogens (primary N) is 2. The Morgan fingerprint density at radius 1 is 0.957 bits per heavy atom. The Hall–Kier alpha value is -4.00. The number of hydrogen-bond donors (Lipinski definition) is 4. The lowest BCUT2D eigenvalue weighted by Gasteiger charge is -2.23.